The Hall–Kier alpha value is -3.38. The molecule has 1 aromatic heterocycles. The van der Waals surface area contributed by atoms with E-state index in [0.29, 0.717) is 12.8 Å². The van der Waals surface area contributed by atoms with E-state index in [2.05, 4.69) is 95.0 Å². The number of rotatable bonds is 18. The smallest absolute Gasteiger partial charge is 0.383 e. The number of hydrogen-bond acceptors (Lipinski definition) is 14. The zero-order valence-electron chi connectivity index (χ0n) is 54.7. The molecule has 0 radical (unpaired) electrons. The third-order valence-corrected chi connectivity index (χ3v) is 24.5. The first kappa shape index (κ1) is 69.7. The normalized spacial score (nSPS) is 35.4. The predicted octanol–water partition coefficient (Wildman–Crippen LogP) is 8.15. The van der Waals surface area contributed by atoms with Gasteiger partial charge in [-0.3, -0.25) is 4.79 Å². The number of carbonyl (C=O) groups is 2. The molecule has 2 aromatic carbocycles. The number of benzene rings is 2. The number of aryl methyl sites for hydroxylation is 4. The Bertz CT molecular complexity index is 2530. The van der Waals surface area contributed by atoms with Gasteiger partial charge in [0.25, 0.3) is 0 Å². The summed E-state index contributed by atoms with van der Waals surface area (Å²) < 4.78 is 34.4. The summed E-state index contributed by atoms with van der Waals surface area (Å²) in [6.07, 6.45) is 1.99. The molecule has 0 spiro atoms. The van der Waals surface area contributed by atoms with E-state index in [1.54, 1.807) is 39.5 Å². The summed E-state index contributed by atoms with van der Waals surface area (Å²) in [5.74, 6) is -3.71. The molecule has 0 saturated carbocycles. The quantitative estimate of drug-likeness (QED) is 0.0463. The van der Waals surface area contributed by atoms with Crippen molar-refractivity contribution in [3.05, 3.63) is 71.0 Å². The van der Waals surface area contributed by atoms with Crippen LogP contribution in [0.1, 0.15) is 176 Å². The Kier molecular flexibility index (Phi) is 23.9. The molecule has 3 aromatic rings. The molecule has 3 saturated heterocycles. The number of carbonyl (C=O) groups excluding carboxylic acids is 2. The molecule has 476 valence electrons. The van der Waals surface area contributed by atoms with Gasteiger partial charge in [0.05, 0.1) is 41.5 Å². The van der Waals surface area contributed by atoms with E-state index in [1.807, 2.05) is 46.7 Å². The first-order chi connectivity index (χ1) is 39.2. The number of ether oxygens (including phenoxy) is 5. The van der Waals surface area contributed by atoms with Crippen LogP contribution in [0.15, 0.2) is 48.8 Å². The number of hydrogen-bond donors (Lipinski definition) is 5. The van der Waals surface area contributed by atoms with Crippen molar-refractivity contribution in [2.45, 2.75) is 265 Å². The summed E-state index contributed by atoms with van der Waals surface area (Å²) in [4.78, 5) is 33.4. The molecule has 17 heteroatoms. The van der Waals surface area contributed by atoms with E-state index in [4.69, 9.17) is 28.8 Å². The average molecular weight is 1200 g/mol. The molecule has 18 atom stereocenters. The van der Waals surface area contributed by atoms with Gasteiger partial charge in [0.15, 0.2) is 6.29 Å². The van der Waals surface area contributed by atoms with Crippen LogP contribution in [0.3, 0.4) is 0 Å². The van der Waals surface area contributed by atoms with Gasteiger partial charge in [-0.05, 0) is 67.5 Å². The number of methoxy groups -OCH3 is 1. The third kappa shape index (κ3) is 15.7. The minimum Gasteiger partial charge on any atom is -0.383 e. The molecule has 16 nitrogen and oxygen atoms in total. The maximum absolute atomic E-state index is 14.9. The van der Waals surface area contributed by atoms with E-state index in [1.165, 1.54) is 52.2 Å². The fraction of sp³-hybridized carbons (Fsp3) is 0.746. The monoisotopic (exact) mass is 1190 g/mol. The Morgan fingerprint density at radius 2 is 1.39 bits per heavy atom. The predicted molar refractivity (Wildman–Crippen MR) is 336 cm³/mol. The minimum atomic E-state index is -2.61. The number of esters is 1. The van der Waals surface area contributed by atoms with Crippen molar-refractivity contribution in [2.24, 2.45) is 23.7 Å². The molecule has 1 unspecified atom stereocenters. The topological polar surface area (TPSA) is 206 Å². The second-order valence-corrected chi connectivity index (χ2v) is 31.6. The first-order valence-corrected chi connectivity index (χ1v) is 33.8. The molecule has 5 N–H and O–H groups in total. The van der Waals surface area contributed by atoms with Crippen molar-refractivity contribution in [3.8, 4) is 0 Å². The molecule has 6 rings (SSSR count). The van der Waals surface area contributed by atoms with Crippen LogP contribution in [0, 0.1) is 51.4 Å². The average Bonchev–Trinajstić information content (AvgIpc) is 1.67. The Morgan fingerprint density at radius 1 is 0.821 bits per heavy atom. The van der Waals surface area contributed by atoms with Crippen molar-refractivity contribution in [1.29, 1.82) is 0 Å². The van der Waals surface area contributed by atoms with Crippen LogP contribution < -0.4 is 15.9 Å². The first-order valence-electron chi connectivity index (χ1n) is 31.6. The third-order valence-electron chi connectivity index (χ3n) is 19.6. The summed E-state index contributed by atoms with van der Waals surface area (Å²) in [5, 5.41) is 70.3. The molecule has 0 bridgehead atoms. The van der Waals surface area contributed by atoms with E-state index in [0.717, 1.165) is 31.8 Å². The van der Waals surface area contributed by atoms with Crippen LogP contribution in [0.2, 0.25) is 0 Å². The number of aliphatic hydroxyl groups excluding tert-OH is 3. The number of nitrogens with zero attached hydrogens (tertiary/aromatic N) is 4. The van der Waals surface area contributed by atoms with Gasteiger partial charge < -0.3 is 49.0 Å². The zero-order valence-corrected chi connectivity index (χ0v) is 55.7. The Balaban J connectivity index is 1.29. The molecular weight excluding hydrogens is 1080 g/mol. The molecular formula is C67H111N4O12P. The second-order valence-electron chi connectivity index (χ2n) is 27.6. The molecule has 4 heterocycles. The van der Waals surface area contributed by atoms with Gasteiger partial charge in [0.1, 0.15) is 18.3 Å². The SMILES string of the molecule is CC[C@H]1OC(=O)[C@H](C)[C@@H](C2C[C@@](C)(OC)[C@@H](O)[C@H](C)O2)[C@H](C)[C@@H](O[C@@H]2O[C@H](C)C[C@H](N(C)C)[C@H]2O)[C@](C)(O)C[C@@H](C)CN(C(=O)CCCCCCC[PH](c2cc(C)cc(C)c2)(c2cc(C)cc(C)c2)c2cnn(C(C)C)c2)[C@H](C)[C@@H](O)[C@]1(C)O. The van der Waals surface area contributed by atoms with Crippen molar-refractivity contribution in [2.75, 3.05) is 33.9 Å². The van der Waals surface area contributed by atoms with Crippen molar-refractivity contribution in [3.63, 3.8) is 0 Å². The Morgan fingerprint density at radius 3 is 1.93 bits per heavy atom. The number of unbranched alkanes of at least 4 members (excludes halogenated alkanes) is 4. The summed E-state index contributed by atoms with van der Waals surface area (Å²) in [6.45, 7) is 30.9. The van der Waals surface area contributed by atoms with Gasteiger partial charge in [0.2, 0.25) is 0 Å². The number of aliphatic hydroxyl groups is 5. The van der Waals surface area contributed by atoms with Gasteiger partial charge in [-0.2, -0.15) is 0 Å². The molecule has 3 aliphatic rings. The van der Waals surface area contributed by atoms with Crippen LogP contribution >= 0.6 is 7.26 Å². The fourth-order valence-corrected chi connectivity index (χ4v) is 20.1. The number of likely N-dealkylation sites (N-methyl/N-ethyl adjacent to an activating group) is 1. The molecule has 84 heavy (non-hydrogen) atoms. The zero-order chi connectivity index (χ0) is 62.6. The minimum absolute atomic E-state index is 0.0906. The van der Waals surface area contributed by atoms with Crippen LogP contribution in [-0.4, -0.2) is 175 Å². The second kappa shape index (κ2) is 28.8. The molecule has 3 aliphatic heterocycles. The van der Waals surface area contributed by atoms with E-state index in [9.17, 15) is 35.1 Å². The Labute approximate surface area is 505 Å². The summed E-state index contributed by atoms with van der Waals surface area (Å²) in [6, 6.07) is 13.0. The molecule has 0 aliphatic carbocycles. The van der Waals surface area contributed by atoms with Crippen LogP contribution in [-0.2, 0) is 33.3 Å². The van der Waals surface area contributed by atoms with Crippen LogP contribution in [0.4, 0.5) is 0 Å². The van der Waals surface area contributed by atoms with E-state index >= 15 is 0 Å². The summed E-state index contributed by atoms with van der Waals surface area (Å²) >= 11 is 0. The number of aromatic nitrogens is 2. The van der Waals surface area contributed by atoms with Crippen molar-refractivity contribution in [1.82, 2.24) is 19.6 Å². The number of cyclic esters (lactones) is 1. The van der Waals surface area contributed by atoms with Crippen LogP contribution in [0.5, 0.6) is 0 Å². The van der Waals surface area contributed by atoms with Crippen molar-refractivity contribution >= 4 is 35.1 Å². The van der Waals surface area contributed by atoms with Gasteiger partial charge in [0, 0.05) is 25.5 Å². The van der Waals surface area contributed by atoms with Gasteiger partial charge >= 0.3 is 273 Å². The van der Waals surface area contributed by atoms with Gasteiger partial charge in [-0.15, -0.1) is 0 Å². The van der Waals surface area contributed by atoms with Crippen molar-refractivity contribution < 1.29 is 58.8 Å². The van der Waals surface area contributed by atoms with Gasteiger partial charge in [-0.1, -0.05) is 20.8 Å². The fourth-order valence-electron chi connectivity index (χ4n) is 14.9. The maximum atomic E-state index is 14.9. The van der Waals surface area contributed by atoms with Gasteiger partial charge in [-0.25, -0.2) is 0 Å². The van der Waals surface area contributed by atoms with E-state index < -0.39 is 109 Å². The number of amides is 1. The molecule has 1 amide bonds. The standard InChI is InChI=1S/C67H111N4O12P/c1-20-56-67(16,78)60(74)49(12)70(57(72)26-24-22-21-23-25-27-84(51-30-41(4)28-42(5)31-51,52-32-43(6)29-44(7)33-52)53-37-68-71(39-53)40(2)3)38-45(8)35-65(14,77)62(83-64-59(73)54(69(17)18)34-46(9)80-64)47(10)58(48(11)63(76)82-56)55-36-66(15,79-19)61(75)50(13)81-55/h28-33,37,39-40,45-50,54-56,58-62,64,73-75,77-78,84H,20-27,34-36,38H2,1-19H3/t45-,46-,47+,48-,49-,50+,54+,55?,56-,58+,59-,60-,61+,62-,64+,65-,66-,67-/m1/s1. The molecule has 3 fully saturated rings. The summed E-state index contributed by atoms with van der Waals surface area (Å²) in [5.41, 5.74) is 0.218. The van der Waals surface area contributed by atoms with Crippen LogP contribution in [0.25, 0.3) is 0 Å². The summed E-state index contributed by atoms with van der Waals surface area (Å²) in [7, 11) is 2.71. The van der Waals surface area contributed by atoms with E-state index in [-0.39, 0.29) is 56.3 Å².